The van der Waals surface area contributed by atoms with Crippen LogP contribution in [-0.2, 0) is 4.79 Å². The number of nitrogens with one attached hydrogen (secondary N) is 1. The number of amides is 1. The molecule has 0 spiro atoms. The molecule has 0 heterocycles. The molecular weight excluding hydrogens is 288 g/mol. The average Bonchev–Trinajstić information content (AvgIpc) is 2.35. The Morgan fingerprint density at radius 1 is 1.45 bits per heavy atom. The van der Waals surface area contributed by atoms with E-state index in [1.807, 2.05) is 0 Å². The molecule has 1 rings (SSSR count). The molecular formula is C12H13ClN2O5. The molecule has 1 atom stereocenters. The van der Waals surface area contributed by atoms with Crippen LogP contribution < -0.4 is 5.32 Å². The number of carboxylic acids is 1. The van der Waals surface area contributed by atoms with Crippen molar-refractivity contribution in [2.75, 3.05) is 0 Å². The lowest BCUT2D eigenvalue weighted by Gasteiger charge is -2.12. The third-order valence-corrected chi connectivity index (χ3v) is 2.74. The summed E-state index contributed by atoms with van der Waals surface area (Å²) in [5, 5.41) is 21.9. The van der Waals surface area contributed by atoms with Crippen LogP contribution in [0.2, 0.25) is 5.02 Å². The number of hydrogen-bond acceptors (Lipinski definition) is 4. The molecule has 0 radical (unpaired) electrons. The number of nitro groups is 1. The number of nitro benzene ring substituents is 1. The van der Waals surface area contributed by atoms with Gasteiger partial charge in [-0.15, -0.1) is 0 Å². The van der Waals surface area contributed by atoms with Gasteiger partial charge < -0.3 is 10.4 Å². The highest BCUT2D eigenvalue weighted by Gasteiger charge is 2.16. The van der Waals surface area contributed by atoms with Crippen LogP contribution in [0.4, 0.5) is 5.69 Å². The molecule has 0 aliphatic heterocycles. The van der Waals surface area contributed by atoms with E-state index in [1.54, 1.807) is 6.92 Å². The number of halogens is 1. The minimum absolute atomic E-state index is 0.0615. The van der Waals surface area contributed by atoms with Crippen LogP contribution in [0.5, 0.6) is 0 Å². The fourth-order valence-corrected chi connectivity index (χ4v) is 1.76. The summed E-state index contributed by atoms with van der Waals surface area (Å²) in [6, 6.07) is 3.21. The van der Waals surface area contributed by atoms with Crippen molar-refractivity contribution in [3.8, 4) is 0 Å². The van der Waals surface area contributed by atoms with Gasteiger partial charge in [-0.3, -0.25) is 19.7 Å². The number of non-ortho nitro benzene ring substituents is 1. The number of rotatable bonds is 6. The number of carbonyl (C=O) groups excluding carboxylic acids is 1. The van der Waals surface area contributed by atoms with Crippen LogP contribution in [0.3, 0.4) is 0 Å². The van der Waals surface area contributed by atoms with E-state index in [4.69, 9.17) is 16.7 Å². The molecule has 1 aromatic carbocycles. The zero-order valence-corrected chi connectivity index (χ0v) is 11.4. The predicted molar refractivity (Wildman–Crippen MR) is 71.9 cm³/mol. The highest BCUT2D eigenvalue weighted by Crippen LogP contribution is 2.21. The van der Waals surface area contributed by atoms with Crippen LogP contribution in [-0.4, -0.2) is 27.9 Å². The number of hydrogen-bond donors (Lipinski definition) is 2. The maximum absolute atomic E-state index is 11.9. The van der Waals surface area contributed by atoms with E-state index in [1.165, 1.54) is 6.07 Å². The van der Waals surface area contributed by atoms with Crippen molar-refractivity contribution in [2.45, 2.75) is 25.8 Å². The first-order valence-electron chi connectivity index (χ1n) is 5.77. The third-order valence-electron chi connectivity index (χ3n) is 2.52. The molecule has 0 aliphatic carbocycles. The van der Waals surface area contributed by atoms with E-state index < -0.39 is 16.8 Å². The Morgan fingerprint density at radius 3 is 2.65 bits per heavy atom. The molecule has 20 heavy (non-hydrogen) atoms. The number of carboxylic acid groups (broad SMARTS) is 1. The van der Waals surface area contributed by atoms with Gasteiger partial charge in [-0.25, -0.2) is 0 Å². The zero-order valence-electron chi connectivity index (χ0n) is 10.6. The Morgan fingerprint density at radius 2 is 2.10 bits per heavy atom. The van der Waals surface area contributed by atoms with E-state index in [-0.39, 0.29) is 35.2 Å². The average molecular weight is 301 g/mol. The molecule has 2 N–H and O–H groups in total. The van der Waals surface area contributed by atoms with Gasteiger partial charge in [-0.1, -0.05) is 11.6 Å². The largest absolute Gasteiger partial charge is 0.481 e. The molecule has 108 valence electrons. The molecule has 0 aromatic heterocycles. The SMILES string of the molecule is CC(CCC(=O)O)NC(=O)c1cc(Cl)cc([N+](=O)[O-])c1. The highest BCUT2D eigenvalue weighted by molar-refractivity contribution is 6.31. The molecule has 1 amide bonds. The van der Waals surface area contributed by atoms with Crippen molar-refractivity contribution < 1.29 is 19.6 Å². The smallest absolute Gasteiger partial charge is 0.303 e. The monoisotopic (exact) mass is 300 g/mol. The Labute approximate surface area is 119 Å². The summed E-state index contributed by atoms with van der Waals surface area (Å²) in [4.78, 5) is 32.3. The normalized spacial score (nSPS) is 11.7. The van der Waals surface area contributed by atoms with E-state index >= 15 is 0 Å². The predicted octanol–water partition coefficient (Wildman–Crippen LogP) is 2.23. The van der Waals surface area contributed by atoms with Gasteiger partial charge in [-0.05, 0) is 19.4 Å². The van der Waals surface area contributed by atoms with Crippen molar-refractivity contribution >= 4 is 29.2 Å². The van der Waals surface area contributed by atoms with Crippen LogP contribution in [0, 0.1) is 10.1 Å². The van der Waals surface area contributed by atoms with Gasteiger partial charge >= 0.3 is 5.97 Å². The maximum Gasteiger partial charge on any atom is 0.303 e. The minimum atomic E-state index is -0.954. The number of benzene rings is 1. The summed E-state index contributed by atoms with van der Waals surface area (Å²) in [5.74, 6) is -1.49. The van der Waals surface area contributed by atoms with E-state index in [2.05, 4.69) is 5.32 Å². The Balaban J connectivity index is 2.77. The Hall–Kier alpha value is -2.15. The van der Waals surface area contributed by atoms with Crippen molar-refractivity contribution in [1.29, 1.82) is 0 Å². The van der Waals surface area contributed by atoms with E-state index in [9.17, 15) is 19.7 Å². The summed E-state index contributed by atoms with van der Waals surface area (Å²) in [6.07, 6.45) is 0.195. The number of carbonyl (C=O) groups is 2. The summed E-state index contributed by atoms with van der Waals surface area (Å²) < 4.78 is 0. The lowest BCUT2D eigenvalue weighted by atomic mass is 10.1. The van der Waals surface area contributed by atoms with E-state index in [0.29, 0.717) is 0 Å². The summed E-state index contributed by atoms with van der Waals surface area (Å²) in [5.41, 5.74) is -0.216. The van der Waals surface area contributed by atoms with Crippen molar-refractivity contribution in [1.82, 2.24) is 5.32 Å². The van der Waals surface area contributed by atoms with Gasteiger partial charge in [0.15, 0.2) is 0 Å². The van der Waals surface area contributed by atoms with E-state index in [0.717, 1.165) is 12.1 Å². The van der Waals surface area contributed by atoms with Crippen molar-refractivity contribution in [3.05, 3.63) is 38.9 Å². The second kappa shape index (κ2) is 6.85. The lowest BCUT2D eigenvalue weighted by Crippen LogP contribution is -2.33. The number of aliphatic carboxylic acids is 1. The van der Waals surface area contributed by atoms with Crippen molar-refractivity contribution in [2.24, 2.45) is 0 Å². The van der Waals surface area contributed by atoms with Crippen LogP contribution in [0.15, 0.2) is 18.2 Å². The molecule has 0 fully saturated rings. The molecule has 0 aliphatic rings. The molecule has 0 bridgehead atoms. The van der Waals surface area contributed by atoms with Gasteiger partial charge in [0.05, 0.1) is 4.92 Å². The fraction of sp³-hybridized carbons (Fsp3) is 0.333. The molecule has 1 unspecified atom stereocenters. The van der Waals surface area contributed by atoms with Crippen LogP contribution in [0.1, 0.15) is 30.1 Å². The Bertz CT molecular complexity index is 547. The fourth-order valence-electron chi connectivity index (χ4n) is 1.53. The summed E-state index contributed by atoms with van der Waals surface area (Å²) >= 11 is 5.72. The second-order valence-corrected chi connectivity index (χ2v) is 4.70. The van der Waals surface area contributed by atoms with Crippen molar-refractivity contribution in [3.63, 3.8) is 0 Å². The van der Waals surface area contributed by atoms with Crippen LogP contribution in [0.25, 0.3) is 0 Å². The van der Waals surface area contributed by atoms with Gasteiger partial charge in [0.1, 0.15) is 0 Å². The molecule has 1 aromatic rings. The third kappa shape index (κ3) is 4.85. The molecule has 0 saturated carbocycles. The van der Waals surface area contributed by atoms with Gasteiger partial charge in [-0.2, -0.15) is 0 Å². The minimum Gasteiger partial charge on any atom is -0.481 e. The molecule has 8 heteroatoms. The highest BCUT2D eigenvalue weighted by atomic mass is 35.5. The standard InChI is InChI=1S/C12H13ClN2O5/c1-7(2-3-11(16)17)14-12(18)8-4-9(13)6-10(5-8)15(19)20/h4-7H,2-3H2,1H3,(H,14,18)(H,16,17). The first-order chi connectivity index (χ1) is 9.29. The summed E-state index contributed by atoms with van der Waals surface area (Å²) in [6.45, 7) is 1.65. The Kier molecular flexibility index (Phi) is 5.45. The van der Waals surface area contributed by atoms with Gasteiger partial charge in [0.2, 0.25) is 0 Å². The molecule has 7 nitrogen and oxygen atoms in total. The lowest BCUT2D eigenvalue weighted by molar-refractivity contribution is -0.384. The van der Waals surface area contributed by atoms with Gasteiger partial charge in [0, 0.05) is 35.2 Å². The first-order valence-corrected chi connectivity index (χ1v) is 6.15. The second-order valence-electron chi connectivity index (χ2n) is 4.26. The van der Waals surface area contributed by atoms with Gasteiger partial charge in [0.25, 0.3) is 11.6 Å². The van der Waals surface area contributed by atoms with Crippen LogP contribution >= 0.6 is 11.6 Å². The zero-order chi connectivity index (χ0) is 15.3. The number of nitrogens with zero attached hydrogens (tertiary/aromatic N) is 1. The summed E-state index contributed by atoms with van der Waals surface area (Å²) in [7, 11) is 0. The maximum atomic E-state index is 11.9. The first kappa shape index (κ1) is 15.9. The quantitative estimate of drug-likeness (QED) is 0.618. The molecule has 0 saturated heterocycles. The topological polar surface area (TPSA) is 110 Å².